The Kier molecular flexibility index (Phi) is 4.88. The first-order chi connectivity index (χ1) is 15.6. The Morgan fingerprint density at radius 3 is 2.88 bits per heavy atom. The van der Waals surface area contributed by atoms with Crippen LogP contribution in [0.15, 0.2) is 36.9 Å². The highest BCUT2D eigenvalue weighted by Crippen LogP contribution is 2.36. The molecule has 5 rings (SSSR count). The van der Waals surface area contributed by atoms with Crippen LogP contribution in [0.5, 0.6) is 11.5 Å². The van der Waals surface area contributed by atoms with E-state index in [4.69, 9.17) is 25.7 Å². The highest BCUT2D eigenvalue weighted by atomic mass is 16.6. The van der Waals surface area contributed by atoms with Crippen molar-refractivity contribution in [2.45, 2.75) is 25.2 Å². The summed E-state index contributed by atoms with van der Waals surface area (Å²) in [6.07, 6.45) is 6.23. The van der Waals surface area contributed by atoms with Crippen LogP contribution in [0.4, 0.5) is 11.5 Å². The van der Waals surface area contributed by atoms with Crippen molar-refractivity contribution in [3.63, 3.8) is 0 Å². The predicted molar refractivity (Wildman–Crippen MR) is 118 cm³/mol. The summed E-state index contributed by atoms with van der Waals surface area (Å²) in [5.74, 6) is 1.50. The fourth-order valence-corrected chi connectivity index (χ4v) is 4.00. The molecule has 0 radical (unpaired) electrons. The zero-order valence-corrected chi connectivity index (χ0v) is 17.4. The monoisotopic (exact) mass is 431 g/mol. The molecule has 1 fully saturated rings. The van der Waals surface area contributed by atoms with Gasteiger partial charge in [0.15, 0.2) is 11.5 Å². The van der Waals surface area contributed by atoms with Crippen LogP contribution in [-0.2, 0) is 4.74 Å². The van der Waals surface area contributed by atoms with Gasteiger partial charge in [-0.05, 0) is 25.0 Å². The predicted octanol–water partition coefficient (Wildman–Crippen LogP) is 2.78. The van der Waals surface area contributed by atoms with E-state index >= 15 is 0 Å². The first-order valence-corrected chi connectivity index (χ1v) is 10.1. The number of aromatic nitrogens is 4. The van der Waals surface area contributed by atoms with Crippen molar-refractivity contribution in [1.29, 1.82) is 5.26 Å². The molecule has 4 N–H and O–H groups in total. The number of nitrogen functional groups attached to an aromatic ring is 2. The van der Waals surface area contributed by atoms with E-state index in [1.54, 1.807) is 19.2 Å². The molecule has 4 heterocycles. The molecule has 10 nitrogen and oxygen atoms in total. The van der Waals surface area contributed by atoms with Crippen LogP contribution in [-0.4, -0.2) is 39.3 Å². The molecule has 10 heteroatoms. The summed E-state index contributed by atoms with van der Waals surface area (Å²) in [4.78, 5) is 12.7. The van der Waals surface area contributed by atoms with Gasteiger partial charge in [0.05, 0.1) is 35.4 Å². The summed E-state index contributed by atoms with van der Waals surface area (Å²) >= 11 is 0. The second kappa shape index (κ2) is 7.86. The van der Waals surface area contributed by atoms with Gasteiger partial charge in [-0.15, -0.1) is 0 Å². The Bertz CT molecular complexity index is 1360. The maximum atomic E-state index is 9.17. The quantitative estimate of drug-likeness (QED) is 0.486. The number of ether oxygens (including phenoxy) is 3. The van der Waals surface area contributed by atoms with Crippen molar-refractivity contribution >= 4 is 33.4 Å². The first kappa shape index (κ1) is 19.8. The fraction of sp³-hybridized carbons (Fsp3) is 0.273. The Morgan fingerprint density at radius 2 is 2.06 bits per heavy atom. The number of nitrogens with two attached hydrogens (primary N) is 2. The molecule has 2 atom stereocenters. The minimum absolute atomic E-state index is 0.101. The fourth-order valence-electron chi connectivity index (χ4n) is 4.00. The van der Waals surface area contributed by atoms with E-state index in [1.165, 1.54) is 12.5 Å². The van der Waals surface area contributed by atoms with Gasteiger partial charge in [-0.25, -0.2) is 9.97 Å². The van der Waals surface area contributed by atoms with Gasteiger partial charge in [0.1, 0.15) is 36.7 Å². The summed E-state index contributed by atoms with van der Waals surface area (Å²) in [5.41, 5.74) is 14.1. The summed E-state index contributed by atoms with van der Waals surface area (Å²) in [6.45, 7) is 0.348. The molecule has 1 aromatic carbocycles. The first-order valence-electron chi connectivity index (χ1n) is 10.1. The molecule has 0 unspecified atom stereocenters. The molecule has 162 valence electrons. The third-order valence-corrected chi connectivity index (χ3v) is 5.68. The SMILES string of the molecule is COc1cc2c(N)c(C#N)cnc2cc1OC[C@@H]1CC[C@H](n2ccc3c(N)ncnc32)O1. The minimum atomic E-state index is -0.153. The number of nitrogens with zero attached hydrogens (tertiary/aromatic N) is 5. The lowest BCUT2D eigenvalue weighted by atomic mass is 10.1. The number of rotatable bonds is 5. The second-order valence-electron chi connectivity index (χ2n) is 7.54. The van der Waals surface area contributed by atoms with Crippen LogP contribution in [0.25, 0.3) is 21.9 Å². The zero-order valence-electron chi connectivity index (χ0n) is 17.4. The Labute approximate surface area is 183 Å². The van der Waals surface area contributed by atoms with Crippen molar-refractivity contribution in [1.82, 2.24) is 19.5 Å². The van der Waals surface area contributed by atoms with Crippen molar-refractivity contribution in [2.24, 2.45) is 0 Å². The molecule has 1 saturated heterocycles. The maximum Gasteiger partial charge on any atom is 0.163 e. The van der Waals surface area contributed by atoms with Crippen LogP contribution in [0.1, 0.15) is 24.6 Å². The topological polar surface area (TPSA) is 147 Å². The Hall–Kier alpha value is -4.10. The van der Waals surface area contributed by atoms with E-state index in [1.807, 2.05) is 22.9 Å². The van der Waals surface area contributed by atoms with Gasteiger partial charge in [0, 0.05) is 23.8 Å². The number of nitriles is 1. The van der Waals surface area contributed by atoms with Crippen molar-refractivity contribution < 1.29 is 14.2 Å². The van der Waals surface area contributed by atoms with Gasteiger partial charge < -0.3 is 30.2 Å². The zero-order chi connectivity index (χ0) is 22.2. The molecule has 0 amide bonds. The van der Waals surface area contributed by atoms with E-state index < -0.39 is 0 Å². The van der Waals surface area contributed by atoms with Crippen LogP contribution in [0.2, 0.25) is 0 Å². The molecule has 0 saturated carbocycles. The van der Waals surface area contributed by atoms with Crippen molar-refractivity contribution in [2.75, 3.05) is 25.2 Å². The minimum Gasteiger partial charge on any atom is -0.493 e. The van der Waals surface area contributed by atoms with E-state index in [2.05, 4.69) is 15.0 Å². The average molecular weight is 431 g/mol. The normalized spacial score (nSPS) is 18.1. The number of hydrogen-bond acceptors (Lipinski definition) is 9. The number of benzene rings is 1. The van der Waals surface area contributed by atoms with E-state index in [-0.39, 0.29) is 12.3 Å². The third kappa shape index (κ3) is 3.29. The van der Waals surface area contributed by atoms with Gasteiger partial charge in [0.25, 0.3) is 0 Å². The number of methoxy groups -OCH3 is 1. The van der Waals surface area contributed by atoms with Gasteiger partial charge in [0.2, 0.25) is 0 Å². The van der Waals surface area contributed by atoms with E-state index in [0.29, 0.717) is 46.1 Å². The molecular formula is C22H21N7O3. The van der Waals surface area contributed by atoms with Crippen LogP contribution in [0, 0.1) is 11.3 Å². The summed E-state index contributed by atoms with van der Waals surface area (Å²) in [6, 6.07) is 7.44. The number of hydrogen-bond donors (Lipinski definition) is 2. The largest absolute Gasteiger partial charge is 0.493 e. The molecular weight excluding hydrogens is 410 g/mol. The van der Waals surface area contributed by atoms with Gasteiger partial charge >= 0.3 is 0 Å². The molecule has 0 aliphatic carbocycles. The van der Waals surface area contributed by atoms with Crippen molar-refractivity contribution in [3.05, 3.63) is 42.5 Å². The smallest absolute Gasteiger partial charge is 0.163 e. The standard InChI is InChI=1S/C22H21N7O3/c1-30-17-6-15-16(26-9-12(8-23)20(15)24)7-18(17)31-10-13-2-3-19(32-13)29-5-4-14-21(25)27-11-28-22(14)29/h4-7,9,11,13,19H,2-3,10H2,1H3,(H2,24,26)(H2,25,27,28)/t13-,19+/m0/s1. The van der Waals surface area contributed by atoms with E-state index in [0.717, 1.165) is 23.9 Å². The van der Waals surface area contributed by atoms with E-state index in [9.17, 15) is 5.26 Å². The summed E-state index contributed by atoms with van der Waals surface area (Å²) < 4.78 is 19.7. The number of pyridine rings is 1. The second-order valence-corrected chi connectivity index (χ2v) is 7.54. The third-order valence-electron chi connectivity index (χ3n) is 5.68. The highest BCUT2D eigenvalue weighted by molar-refractivity contribution is 5.94. The van der Waals surface area contributed by atoms with Gasteiger partial charge in [-0.1, -0.05) is 0 Å². The van der Waals surface area contributed by atoms with Crippen molar-refractivity contribution in [3.8, 4) is 17.6 Å². The summed E-state index contributed by atoms with van der Waals surface area (Å²) in [7, 11) is 1.55. The molecule has 1 aliphatic rings. The maximum absolute atomic E-state index is 9.17. The molecule has 0 bridgehead atoms. The molecule has 0 spiro atoms. The van der Waals surface area contributed by atoms with Gasteiger partial charge in [-0.2, -0.15) is 5.26 Å². The van der Waals surface area contributed by atoms with Crippen LogP contribution >= 0.6 is 0 Å². The highest BCUT2D eigenvalue weighted by Gasteiger charge is 2.28. The molecule has 3 aromatic heterocycles. The lowest BCUT2D eigenvalue weighted by Crippen LogP contribution is -2.18. The van der Waals surface area contributed by atoms with Crippen LogP contribution < -0.4 is 20.9 Å². The van der Waals surface area contributed by atoms with Gasteiger partial charge in [-0.3, -0.25) is 4.98 Å². The average Bonchev–Trinajstić information content (AvgIpc) is 3.45. The molecule has 32 heavy (non-hydrogen) atoms. The molecule has 1 aliphatic heterocycles. The Balaban J connectivity index is 1.33. The molecule has 4 aromatic rings. The lowest BCUT2D eigenvalue weighted by molar-refractivity contribution is -0.0159. The van der Waals surface area contributed by atoms with Crippen LogP contribution in [0.3, 0.4) is 0 Å². The lowest BCUT2D eigenvalue weighted by Gasteiger charge is -2.18. The Morgan fingerprint density at radius 1 is 1.19 bits per heavy atom. The number of fused-ring (bicyclic) bond motifs is 2. The summed E-state index contributed by atoms with van der Waals surface area (Å²) in [5, 5.41) is 10.6. The number of anilines is 2.